The third-order valence-electron chi connectivity index (χ3n) is 11.4. The molecule has 1 aromatic carbocycles. The molecule has 1 aromatic rings. The molecule has 4 bridgehead atoms. The highest BCUT2D eigenvalue weighted by Crippen LogP contribution is 2.49. The van der Waals surface area contributed by atoms with Gasteiger partial charge in [-0.05, 0) is 50.8 Å². The van der Waals surface area contributed by atoms with Crippen LogP contribution in [0.5, 0.6) is 0 Å². The summed E-state index contributed by atoms with van der Waals surface area (Å²) in [6.07, 6.45) is 2.60. The molecule has 3 aliphatic heterocycles. The van der Waals surface area contributed by atoms with E-state index in [1.165, 1.54) is 41.6 Å². The zero-order valence-electron chi connectivity index (χ0n) is 35.0. The van der Waals surface area contributed by atoms with Crippen molar-refractivity contribution in [2.45, 2.75) is 121 Å². The maximum atomic E-state index is 14.2. The standard InChI is InChI=1S/C41H59ClN4O11S2/c1-23-10-9-11-29(22-48)41(54)20-31(55-39(53)44-41)25(3)37-40(5,57-37)32(19-35(51)46(8)30-18-27(16-23)17-28(21-47)36(30)42)56-38(52)26(4)45(7)34(50)14-15-58-59-24(2)12-13-33(49)43-6/h9-11,17-18,24-26,29,31-32,37,47-48,54H,12-16,19-22H2,1-8H3,(H,43,49)(H,44,53)/b11-9+,23-10+/t24?,25-,26+,29+,31?,32+,37?,40?,41+/m1/s1. The fourth-order valence-corrected chi connectivity index (χ4v) is 9.90. The van der Waals surface area contributed by atoms with Crippen molar-refractivity contribution in [1.29, 1.82) is 0 Å². The lowest BCUT2D eigenvalue weighted by atomic mass is 9.81. The van der Waals surface area contributed by atoms with Crippen molar-refractivity contribution in [3.63, 3.8) is 0 Å². The summed E-state index contributed by atoms with van der Waals surface area (Å²) in [4.78, 5) is 68.4. The molecule has 2 saturated heterocycles. The Balaban J connectivity index is 1.61. The molecule has 0 spiro atoms. The van der Waals surface area contributed by atoms with Gasteiger partial charge in [-0.25, -0.2) is 9.59 Å². The third kappa shape index (κ3) is 12.2. The number of alkyl carbamates (subject to hydrolysis) is 1. The van der Waals surface area contributed by atoms with Crippen molar-refractivity contribution in [3.8, 4) is 0 Å². The first-order valence-corrected chi connectivity index (χ1v) is 22.5. The maximum Gasteiger partial charge on any atom is 0.409 e. The number of ether oxygens (including phenoxy) is 3. The van der Waals surface area contributed by atoms with Gasteiger partial charge in [0.15, 0.2) is 5.72 Å². The van der Waals surface area contributed by atoms with Gasteiger partial charge in [-0.2, -0.15) is 0 Å². The van der Waals surface area contributed by atoms with Gasteiger partial charge >= 0.3 is 12.1 Å². The first kappa shape index (κ1) is 48.3. The molecule has 4 amide bonds. The first-order chi connectivity index (χ1) is 27.8. The molecule has 0 saturated carbocycles. The topological polar surface area (TPSA) is 208 Å². The van der Waals surface area contributed by atoms with Gasteiger partial charge in [0.1, 0.15) is 23.9 Å². The van der Waals surface area contributed by atoms with Gasteiger partial charge in [-0.1, -0.05) is 76.9 Å². The number of nitrogens with zero attached hydrogens (tertiary/aromatic N) is 2. The van der Waals surface area contributed by atoms with Crippen LogP contribution in [0.1, 0.15) is 77.8 Å². The number of fused-ring (bicyclic) bond motifs is 5. The Hall–Kier alpha value is -3.32. The van der Waals surface area contributed by atoms with Gasteiger partial charge in [0.25, 0.3) is 0 Å². The number of rotatable bonds is 13. The van der Waals surface area contributed by atoms with E-state index in [9.17, 15) is 39.3 Å². The van der Waals surface area contributed by atoms with Crippen molar-refractivity contribution in [1.82, 2.24) is 15.5 Å². The monoisotopic (exact) mass is 882 g/mol. The number of benzene rings is 1. The molecule has 4 rings (SSSR count). The lowest BCUT2D eigenvalue weighted by Crippen LogP contribution is -2.62. The number of allylic oxidation sites excluding steroid dienone is 3. The Bertz CT molecular complexity index is 1780. The normalized spacial score (nSPS) is 29.7. The average Bonchev–Trinajstić information content (AvgIpc) is 3.90. The molecule has 0 aromatic heterocycles. The van der Waals surface area contributed by atoms with Crippen LogP contribution in [0, 0.1) is 11.8 Å². The Morgan fingerprint density at radius 1 is 1.20 bits per heavy atom. The van der Waals surface area contributed by atoms with Gasteiger partial charge in [-0.15, -0.1) is 0 Å². The summed E-state index contributed by atoms with van der Waals surface area (Å²) in [5.74, 6) is -2.56. The largest absolute Gasteiger partial charge is 0.457 e. The number of amides is 4. The Labute approximate surface area is 359 Å². The number of hydrogen-bond acceptors (Lipinski definition) is 13. The van der Waals surface area contributed by atoms with Gasteiger partial charge in [-0.3, -0.25) is 19.7 Å². The number of hydrogen-bond donors (Lipinski definition) is 5. The minimum Gasteiger partial charge on any atom is -0.457 e. The number of esters is 1. The van der Waals surface area contributed by atoms with Gasteiger partial charge < -0.3 is 44.6 Å². The average molecular weight is 884 g/mol. The summed E-state index contributed by atoms with van der Waals surface area (Å²) >= 11 is 6.74. The zero-order chi connectivity index (χ0) is 43.8. The molecule has 5 N–H and O–H groups in total. The van der Waals surface area contributed by atoms with Crippen LogP contribution in [0.25, 0.3) is 0 Å². The minimum atomic E-state index is -1.88. The van der Waals surface area contributed by atoms with Crippen LogP contribution in [0.3, 0.4) is 0 Å². The molecule has 4 unspecified atom stereocenters. The second kappa shape index (κ2) is 21.0. The van der Waals surface area contributed by atoms with Crippen LogP contribution in [0.4, 0.5) is 10.5 Å². The molecule has 0 aliphatic carbocycles. The predicted molar refractivity (Wildman–Crippen MR) is 228 cm³/mol. The van der Waals surface area contributed by atoms with E-state index < -0.39 is 72.1 Å². The second-order valence-electron chi connectivity index (χ2n) is 15.8. The van der Waals surface area contributed by atoms with Gasteiger partial charge in [0.05, 0.1) is 36.4 Å². The highest BCUT2D eigenvalue weighted by atomic mass is 35.5. The van der Waals surface area contributed by atoms with Crippen LogP contribution in [-0.2, 0) is 46.4 Å². The van der Waals surface area contributed by atoms with Gasteiger partial charge in [0, 0.05) is 63.2 Å². The highest BCUT2D eigenvalue weighted by Gasteiger charge is 2.64. The number of halogens is 1. The lowest BCUT2D eigenvalue weighted by molar-refractivity contribution is -0.161. The second-order valence-corrected chi connectivity index (χ2v) is 19.1. The molecule has 2 fully saturated rings. The fourth-order valence-electron chi connectivity index (χ4n) is 7.28. The summed E-state index contributed by atoms with van der Waals surface area (Å²) in [7, 11) is 7.75. The SMILES string of the molecule is CNC(=O)CCC(C)SSCCC(=O)N(C)[C@@H](C)C(=O)O[C@H]1CC(=O)N(C)c2cc(cc(CO)c2Cl)C/C(C)=C/C=C/[C@@H](CO)[C@@]2(O)CC(OC(=O)N2)[C@@H](C)C2OC21C. The van der Waals surface area contributed by atoms with E-state index >= 15 is 0 Å². The molecular weight excluding hydrogens is 824 g/mol. The van der Waals surface area contributed by atoms with Crippen LogP contribution < -0.4 is 15.5 Å². The van der Waals surface area contributed by atoms with Gasteiger partial charge in [0.2, 0.25) is 17.7 Å². The third-order valence-corrected chi connectivity index (χ3v) is 14.8. The zero-order valence-corrected chi connectivity index (χ0v) is 37.4. The van der Waals surface area contributed by atoms with Crippen LogP contribution >= 0.6 is 33.2 Å². The number of aliphatic hydroxyl groups excluding tert-OH is 2. The van der Waals surface area contributed by atoms with E-state index in [-0.39, 0.29) is 48.0 Å². The molecule has 9 atom stereocenters. The van der Waals surface area contributed by atoms with E-state index in [0.717, 1.165) is 11.1 Å². The number of carbonyl (C=O) groups excluding carboxylic acids is 5. The Kier molecular flexibility index (Phi) is 17.2. The van der Waals surface area contributed by atoms with Crippen molar-refractivity contribution in [2.75, 3.05) is 38.4 Å². The minimum absolute atomic E-state index is 0.0264. The van der Waals surface area contributed by atoms with Crippen LogP contribution in [0.15, 0.2) is 35.9 Å². The maximum absolute atomic E-state index is 14.2. The predicted octanol–water partition coefficient (Wildman–Crippen LogP) is 4.28. The first-order valence-electron chi connectivity index (χ1n) is 19.8. The lowest BCUT2D eigenvalue weighted by Gasteiger charge is -2.42. The van der Waals surface area contributed by atoms with Crippen molar-refractivity contribution in [2.24, 2.45) is 11.8 Å². The molecule has 15 nitrogen and oxygen atoms in total. The summed E-state index contributed by atoms with van der Waals surface area (Å²) in [6.45, 7) is 8.01. The molecule has 328 valence electrons. The quantitative estimate of drug-likeness (QED) is 0.0813. The Morgan fingerprint density at radius 2 is 1.92 bits per heavy atom. The van der Waals surface area contributed by atoms with Crippen molar-refractivity contribution >= 4 is 68.7 Å². The molecule has 18 heteroatoms. The molecule has 3 aliphatic rings. The summed E-state index contributed by atoms with van der Waals surface area (Å²) < 4.78 is 18.0. The Morgan fingerprint density at radius 3 is 2.58 bits per heavy atom. The number of anilines is 1. The van der Waals surface area contributed by atoms with E-state index in [1.54, 1.807) is 62.0 Å². The highest BCUT2D eigenvalue weighted by molar-refractivity contribution is 8.76. The van der Waals surface area contributed by atoms with E-state index in [0.29, 0.717) is 36.3 Å². The number of carbonyl (C=O) groups is 5. The van der Waals surface area contributed by atoms with Crippen LogP contribution in [-0.4, -0.2) is 124 Å². The summed E-state index contributed by atoms with van der Waals surface area (Å²) in [5.41, 5.74) is -0.798. The van der Waals surface area contributed by atoms with E-state index in [2.05, 4.69) is 10.6 Å². The van der Waals surface area contributed by atoms with E-state index in [4.69, 9.17) is 25.8 Å². The van der Waals surface area contributed by atoms with Crippen molar-refractivity contribution in [3.05, 3.63) is 52.1 Å². The molecular formula is C41H59ClN4O11S2. The van der Waals surface area contributed by atoms with E-state index in [1.807, 2.05) is 13.8 Å². The van der Waals surface area contributed by atoms with Crippen molar-refractivity contribution < 1.29 is 53.5 Å². The smallest absolute Gasteiger partial charge is 0.409 e. The fraction of sp³-hybridized carbons (Fsp3) is 0.634. The molecule has 3 heterocycles. The summed E-state index contributed by atoms with van der Waals surface area (Å²) in [5, 5.41) is 37.7. The summed E-state index contributed by atoms with van der Waals surface area (Å²) in [6, 6.07) is 2.46. The number of aliphatic hydroxyl groups is 3. The molecule has 59 heavy (non-hydrogen) atoms. The number of nitrogens with one attached hydrogen (secondary N) is 2. The number of epoxide rings is 1. The number of likely N-dealkylation sites (N-methyl/N-ethyl adjacent to an activating group) is 1. The molecule has 0 radical (unpaired) electrons. The van der Waals surface area contributed by atoms with Crippen LogP contribution in [0.2, 0.25) is 5.02 Å².